The molecule has 0 rings (SSSR count). The summed E-state index contributed by atoms with van der Waals surface area (Å²) in [7, 11) is 0. The first-order valence-electron chi connectivity index (χ1n) is 6.07. The molecule has 22 heavy (non-hydrogen) atoms. The Kier molecular flexibility index (Phi) is 22.3. The van der Waals surface area contributed by atoms with Gasteiger partial charge in [0.2, 0.25) is 0 Å². The van der Waals surface area contributed by atoms with Crippen LogP contribution in [0.3, 0.4) is 0 Å². The van der Waals surface area contributed by atoms with Crippen LogP contribution in [0.15, 0.2) is 35.5 Å². The van der Waals surface area contributed by atoms with E-state index < -0.39 is 0 Å². The van der Waals surface area contributed by atoms with Crippen molar-refractivity contribution < 1.29 is 48.3 Å². The van der Waals surface area contributed by atoms with Crippen molar-refractivity contribution in [3.63, 3.8) is 0 Å². The number of aliphatic hydroxyl groups excluding tert-OH is 3. The van der Waals surface area contributed by atoms with E-state index in [0.717, 1.165) is 0 Å². The van der Waals surface area contributed by atoms with E-state index in [2.05, 4.69) is 0 Å². The summed E-state index contributed by atoms with van der Waals surface area (Å²) >= 11 is 0. The molecular weight excluding hydrogens is 327 g/mol. The van der Waals surface area contributed by atoms with Crippen LogP contribution in [0.5, 0.6) is 0 Å². The average Bonchev–Trinajstić information content (AvgIpc) is 2.10. The van der Waals surface area contributed by atoms with Gasteiger partial charge in [0.25, 0.3) is 0 Å². The zero-order valence-electron chi connectivity index (χ0n) is 13.9. The number of hydrogen-bond donors (Lipinski definition) is 3. The predicted octanol–water partition coefficient (Wildman–Crippen LogP) is 3.04. The van der Waals surface area contributed by atoms with Gasteiger partial charge in [0.1, 0.15) is 0 Å². The fourth-order valence-electron chi connectivity index (χ4n) is 0.907. The first kappa shape index (κ1) is 28.4. The summed E-state index contributed by atoms with van der Waals surface area (Å²) in [6.45, 7) is 9.00. The molecule has 6 N–H and O–H groups in total. The molecule has 0 aliphatic carbocycles. The minimum Gasteiger partial charge on any atom is -0.512 e. The maximum Gasteiger partial charge on any atom is 0.316 e. The van der Waals surface area contributed by atoms with Crippen molar-refractivity contribution >= 4 is 17.3 Å². The second kappa shape index (κ2) is 17.3. The van der Waals surface area contributed by atoms with Crippen molar-refractivity contribution in [2.75, 3.05) is 0 Å². The summed E-state index contributed by atoms with van der Waals surface area (Å²) in [5.74, 6) is 0.750. The normalized spacial score (nSPS) is 10.9. The van der Waals surface area contributed by atoms with Crippen molar-refractivity contribution in [2.24, 2.45) is 0 Å². The number of allylic oxidation sites excluding steroid dienone is 6. The van der Waals surface area contributed by atoms with Crippen LogP contribution in [-0.4, -0.2) is 47.1 Å². The molecule has 0 aliphatic heterocycles. The second-order valence-electron chi connectivity index (χ2n) is 4.28. The third kappa shape index (κ3) is 51.7. The van der Waals surface area contributed by atoms with Gasteiger partial charge in [0, 0.05) is 18.6 Å². The minimum atomic E-state index is 0. The molecule has 0 aliphatic rings. The van der Waals surface area contributed by atoms with E-state index in [1.165, 1.54) is 59.8 Å². The van der Waals surface area contributed by atoms with Crippen LogP contribution in [0.1, 0.15) is 41.5 Å². The molecular formula is C15H27O6V+3. The Morgan fingerprint density at radius 2 is 0.682 bits per heavy atom. The van der Waals surface area contributed by atoms with Gasteiger partial charge in [-0.15, -0.1) is 0 Å². The molecule has 1 radical (unpaired) electrons. The van der Waals surface area contributed by atoms with Gasteiger partial charge in [-0.2, -0.15) is 0 Å². The average molecular weight is 354 g/mol. The summed E-state index contributed by atoms with van der Waals surface area (Å²) in [4.78, 5) is 25.2. The standard InChI is InChI=1S/3C5H8O2.V/c3*1-4(6)3-5(2)7;/h3*3,6H,1-2H3;/p+3/b3*4-3-;. The molecule has 0 atom stereocenters. The summed E-state index contributed by atoms with van der Waals surface area (Å²) in [5.41, 5.74) is 0. The molecule has 0 saturated heterocycles. The molecule has 0 amide bonds. The molecule has 7 heteroatoms. The van der Waals surface area contributed by atoms with Crippen LogP contribution >= 0.6 is 0 Å². The molecule has 0 bridgehead atoms. The van der Waals surface area contributed by atoms with Gasteiger partial charge in [0.15, 0.2) is 0 Å². The minimum absolute atomic E-state index is 0. The molecule has 0 fully saturated rings. The van der Waals surface area contributed by atoms with Gasteiger partial charge in [-0.3, -0.25) is 14.4 Å². The van der Waals surface area contributed by atoms with E-state index in [1.54, 1.807) is 0 Å². The zero-order valence-corrected chi connectivity index (χ0v) is 15.3. The molecule has 0 saturated carbocycles. The largest absolute Gasteiger partial charge is 0.512 e. The molecule has 0 aromatic heterocycles. The molecule has 6 nitrogen and oxygen atoms in total. The Morgan fingerprint density at radius 3 is 0.682 bits per heavy atom. The van der Waals surface area contributed by atoms with E-state index >= 15 is 0 Å². The molecule has 125 valence electrons. The Balaban J connectivity index is -0.000000108. The van der Waals surface area contributed by atoms with Crippen molar-refractivity contribution in [1.29, 1.82) is 0 Å². The van der Waals surface area contributed by atoms with Gasteiger partial charge in [0.05, 0.1) is 56.3 Å². The summed E-state index contributed by atoms with van der Waals surface area (Å²) in [6.07, 6.45) is 3.83. The first-order valence-corrected chi connectivity index (χ1v) is 6.07. The van der Waals surface area contributed by atoms with Crippen LogP contribution in [0.2, 0.25) is 0 Å². The Morgan fingerprint density at radius 1 is 0.545 bits per heavy atom. The van der Waals surface area contributed by atoms with Crippen LogP contribution in [0, 0.1) is 0 Å². The van der Waals surface area contributed by atoms with Crippen LogP contribution in [0.4, 0.5) is 0 Å². The van der Waals surface area contributed by atoms with E-state index in [-0.39, 0.29) is 53.2 Å². The molecule has 0 aromatic rings. The SMILES string of the molecule is CC(=[OH+])/C=C(/C)O.CC(=[OH+])/C=C(/C)O.CC(=[OH+])/C=C(/C)O.[V]. The fourth-order valence-corrected chi connectivity index (χ4v) is 0.907. The van der Waals surface area contributed by atoms with E-state index in [4.69, 9.17) is 29.7 Å². The first-order chi connectivity index (χ1) is 9.38. The van der Waals surface area contributed by atoms with Gasteiger partial charge >= 0.3 is 17.3 Å². The molecule has 0 aromatic carbocycles. The second-order valence-corrected chi connectivity index (χ2v) is 4.28. The summed E-state index contributed by atoms with van der Waals surface area (Å²) < 4.78 is 0. The monoisotopic (exact) mass is 354 g/mol. The topological polar surface area (TPSA) is 125 Å². The predicted molar refractivity (Wildman–Crippen MR) is 87.0 cm³/mol. The zero-order chi connectivity index (χ0) is 17.6. The van der Waals surface area contributed by atoms with Crippen molar-refractivity contribution in [3.05, 3.63) is 35.5 Å². The summed E-state index contributed by atoms with van der Waals surface area (Å²) in [5, 5.41) is 25.2. The third-order valence-corrected chi connectivity index (χ3v) is 1.25. The molecule has 0 unspecified atom stereocenters. The van der Waals surface area contributed by atoms with Gasteiger partial charge in [-0.1, -0.05) is 0 Å². The van der Waals surface area contributed by atoms with E-state index in [9.17, 15) is 0 Å². The quantitative estimate of drug-likeness (QED) is 0.410. The number of hydrogen-bond acceptors (Lipinski definition) is 3. The molecule has 0 heterocycles. The van der Waals surface area contributed by atoms with Crippen molar-refractivity contribution in [1.82, 2.24) is 0 Å². The Hall–Kier alpha value is -1.79. The van der Waals surface area contributed by atoms with Crippen molar-refractivity contribution in [2.45, 2.75) is 41.5 Å². The maximum atomic E-state index is 8.40. The number of carbonyl (C=O) groups excluding carboxylic acids is 3. The summed E-state index contributed by atoms with van der Waals surface area (Å²) in [6, 6.07) is 0. The smallest absolute Gasteiger partial charge is 0.316 e. The van der Waals surface area contributed by atoms with E-state index in [0.29, 0.717) is 0 Å². The van der Waals surface area contributed by atoms with E-state index in [1.807, 2.05) is 0 Å². The van der Waals surface area contributed by atoms with Crippen LogP contribution in [-0.2, 0) is 18.6 Å². The van der Waals surface area contributed by atoms with Crippen LogP contribution < -0.4 is 0 Å². The maximum absolute atomic E-state index is 8.40. The van der Waals surface area contributed by atoms with Crippen LogP contribution in [0.25, 0.3) is 0 Å². The Bertz CT molecular complexity index is 368. The number of aliphatic hydroxyl groups is 3. The van der Waals surface area contributed by atoms with Gasteiger partial charge < -0.3 is 15.3 Å². The number of rotatable bonds is 3. The van der Waals surface area contributed by atoms with Gasteiger partial charge in [-0.25, -0.2) is 0 Å². The number of ketones is 3. The van der Waals surface area contributed by atoms with Crippen molar-refractivity contribution in [3.8, 4) is 0 Å². The fraction of sp³-hybridized carbons (Fsp3) is 0.400. The molecule has 0 spiro atoms. The van der Waals surface area contributed by atoms with Gasteiger partial charge in [-0.05, 0) is 20.8 Å². The third-order valence-electron chi connectivity index (χ3n) is 1.25. The Labute approximate surface area is 143 Å².